The number of rotatable bonds is 7. The number of hydrogen-bond donors (Lipinski definition) is 1. The number of carbonyl (C=O) groups excluding carboxylic acids is 1. The third-order valence-electron chi connectivity index (χ3n) is 3.18. The Morgan fingerprint density at radius 2 is 1.95 bits per heavy atom. The van der Waals surface area contributed by atoms with E-state index in [2.05, 4.69) is 12.2 Å². The minimum absolute atomic E-state index is 0. The number of nitrogens with one attached hydrogen (secondary N) is 1. The predicted octanol–water partition coefficient (Wildman–Crippen LogP) is 3.59. The van der Waals surface area contributed by atoms with Gasteiger partial charge in [0.1, 0.15) is 30.0 Å². The van der Waals surface area contributed by atoms with E-state index in [4.69, 9.17) is 9.47 Å². The maximum absolute atomic E-state index is 13.5. The standard InChI is InChI=1S/C15H20FNO3.C2H6.H2/c1-3-17-12-6-15(7-12)20-14-5-11(16)4-13(8-14)19-9-10(2)18;1-2;/h4-5,8,12,15,17H,3,6-7,9H2,1-2H3;1-2H3;1H. The molecule has 0 spiro atoms. The van der Waals surface area contributed by atoms with Crippen molar-refractivity contribution < 1.29 is 20.1 Å². The topological polar surface area (TPSA) is 47.6 Å². The molecular formula is C17H28FNO3. The number of ether oxygens (including phenoxy) is 2. The van der Waals surface area contributed by atoms with E-state index in [1.165, 1.54) is 19.1 Å². The minimum atomic E-state index is -0.427. The Morgan fingerprint density at radius 1 is 1.32 bits per heavy atom. The van der Waals surface area contributed by atoms with E-state index >= 15 is 0 Å². The number of ketones is 1. The summed E-state index contributed by atoms with van der Waals surface area (Å²) in [5.74, 6) is 0.231. The minimum Gasteiger partial charge on any atom is -0.490 e. The maximum atomic E-state index is 13.5. The van der Waals surface area contributed by atoms with Gasteiger partial charge in [0.15, 0.2) is 5.78 Å². The molecule has 0 unspecified atom stereocenters. The van der Waals surface area contributed by atoms with Crippen LogP contribution in [0.5, 0.6) is 11.5 Å². The van der Waals surface area contributed by atoms with Crippen LogP contribution in [0.25, 0.3) is 0 Å². The summed E-state index contributed by atoms with van der Waals surface area (Å²) < 4.78 is 24.4. The van der Waals surface area contributed by atoms with E-state index in [1.807, 2.05) is 13.8 Å². The van der Waals surface area contributed by atoms with Crippen molar-refractivity contribution >= 4 is 5.78 Å². The first-order valence-corrected chi connectivity index (χ1v) is 7.89. The second-order valence-corrected chi connectivity index (χ2v) is 5.08. The molecule has 126 valence electrons. The molecule has 0 heterocycles. The number of hydrogen-bond acceptors (Lipinski definition) is 4. The third-order valence-corrected chi connectivity index (χ3v) is 3.18. The summed E-state index contributed by atoms with van der Waals surface area (Å²) in [6, 6.07) is 4.69. The molecule has 1 aromatic carbocycles. The van der Waals surface area contributed by atoms with Crippen molar-refractivity contribution in [2.75, 3.05) is 13.2 Å². The van der Waals surface area contributed by atoms with Crippen LogP contribution in [0, 0.1) is 5.82 Å². The van der Waals surface area contributed by atoms with Crippen molar-refractivity contribution in [3.8, 4) is 11.5 Å². The van der Waals surface area contributed by atoms with Gasteiger partial charge in [-0.05, 0) is 26.3 Å². The molecule has 0 bridgehead atoms. The molecule has 0 aromatic heterocycles. The molecule has 1 saturated carbocycles. The maximum Gasteiger partial charge on any atom is 0.167 e. The van der Waals surface area contributed by atoms with E-state index in [1.54, 1.807) is 6.07 Å². The fourth-order valence-corrected chi connectivity index (χ4v) is 2.18. The van der Waals surface area contributed by atoms with Crippen molar-refractivity contribution in [1.82, 2.24) is 5.32 Å². The van der Waals surface area contributed by atoms with E-state index < -0.39 is 5.82 Å². The molecule has 0 radical (unpaired) electrons. The Morgan fingerprint density at radius 3 is 2.55 bits per heavy atom. The number of halogens is 1. The van der Waals surface area contributed by atoms with Crippen LogP contribution in [0.4, 0.5) is 4.39 Å². The van der Waals surface area contributed by atoms with Crippen molar-refractivity contribution in [3.63, 3.8) is 0 Å². The van der Waals surface area contributed by atoms with Gasteiger partial charge in [-0.3, -0.25) is 4.79 Å². The monoisotopic (exact) mass is 313 g/mol. The highest BCUT2D eigenvalue weighted by molar-refractivity contribution is 5.77. The van der Waals surface area contributed by atoms with Gasteiger partial charge in [0, 0.05) is 25.7 Å². The highest BCUT2D eigenvalue weighted by Gasteiger charge is 2.30. The Bertz CT molecular complexity index is 479. The molecule has 0 aliphatic heterocycles. The summed E-state index contributed by atoms with van der Waals surface area (Å²) in [6.07, 6.45) is 1.96. The lowest BCUT2D eigenvalue weighted by Crippen LogP contribution is -2.46. The number of Topliss-reactive ketones (excluding diaryl/α,β-unsaturated/α-hetero) is 1. The highest BCUT2D eigenvalue weighted by atomic mass is 19.1. The summed E-state index contributed by atoms with van der Waals surface area (Å²) in [5.41, 5.74) is 0. The fourth-order valence-electron chi connectivity index (χ4n) is 2.18. The zero-order chi connectivity index (χ0) is 16.5. The lowest BCUT2D eigenvalue weighted by molar-refractivity contribution is -0.118. The molecular weight excluding hydrogens is 285 g/mol. The van der Waals surface area contributed by atoms with E-state index in [0.717, 1.165) is 19.4 Å². The molecule has 1 N–H and O–H groups in total. The second kappa shape index (κ2) is 9.41. The zero-order valence-electron chi connectivity index (χ0n) is 13.8. The quantitative estimate of drug-likeness (QED) is 0.836. The fraction of sp³-hybridized carbons (Fsp3) is 0.588. The highest BCUT2D eigenvalue weighted by Crippen LogP contribution is 2.29. The lowest BCUT2D eigenvalue weighted by Gasteiger charge is -2.35. The van der Waals surface area contributed by atoms with Crippen LogP contribution < -0.4 is 14.8 Å². The Kier molecular flexibility index (Phi) is 7.88. The third kappa shape index (κ3) is 6.02. The van der Waals surface area contributed by atoms with Crippen molar-refractivity contribution in [3.05, 3.63) is 24.0 Å². The zero-order valence-corrected chi connectivity index (χ0v) is 13.8. The SMILES string of the molecule is CC.CCNC1CC(Oc2cc(F)cc(OCC(C)=O)c2)C1.[HH]. The summed E-state index contributed by atoms with van der Waals surface area (Å²) >= 11 is 0. The van der Waals surface area contributed by atoms with Gasteiger partial charge in [0.25, 0.3) is 0 Å². The average molecular weight is 313 g/mol. The first-order chi connectivity index (χ1) is 10.6. The van der Waals surface area contributed by atoms with Crippen molar-refractivity contribution in [2.45, 2.75) is 52.7 Å². The Balaban J connectivity index is 0.00000155. The molecule has 4 nitrogen and oxygen atoms in total. The summed E-state index contributed by atoms with van der Waals surface area (Å²) in [5, 5.41) is 3.34. The molecule has 22 heavy (non-hydrogen) atoms. The van der Waals surface area contributed by atoms with E-state index in [0.29, 0.717) is 17.5 Å². The summed E-state index contributed by atoms with van der Waals surface area (Å²) in [4.78, 5) is 10.9. The second-order valence-electron chi connectivity index (χ2n) is 5.08. The van der Waals surface area contributed by atoms with Gasteiger partial charge in [0.05, 0.1) is 0 Å². The number of benzene rings is 1. The number of carbonyl (C=O) groups is 1. The van der Waals surface area contributed by atoms with E-state index in [-0.39, 0.29) is 19.9 Å². The van der Waals surface area contributed by atoms with Gasteiger partial charge >= 0.3 is 0 Å². The van der Waals surface area contributed by atoms with Crippen LogP contribution in [0.3, 0.4) is 0 Å². The van der Waals surface area contributed by atoms with Gasteiger partial charge in [-0.1, -0.05) is 20.8 Å². The van der Waals surface area contributed by atoms with Crippen LogP contribution in [-0.4, -0.2) is 31.1 Å². The van der Waals surface area contributed by atoms with Gasteiger partial charge in [-0.2, -0.15) is 0 Å². The van der Waals surface area contributed by atoms with Crippen LogP contribution in [-0.2, 0) is 4.79 Å². The molecule has 0 saturated heterocycles. The normalized spacial score (nSPS) is 19.5. The largest absolute Gasteiger partial charge is 0.490 e. The molecule has 1 aromatic rings. The van der Waals surface area contributed by atoms with E-state index in [9.17, 15) is 9.18 Å². The first-order valence-electron chi connectivity index (χ1n) is 7.89. The van der Waals surface area contributed by atoms with Gasteiger partial charge in [-0.25, -0.2) is 4.39 Å². The van der Waals surface area contributed by atoms with Gasteiger partial charge in [0.2, 0.25) is 0 Å². The Labute approximate surface area is 133 Å². The summed E-state index contributed by atoms with van der Waals surface area (Å²) in [6.45, 7) is 8.38. The molecule has 1 aliphatic carbocycles. The molecule has 0 atom stereocenters. The average Bonchev–Trinajstić information content (AvgIpc) is 2.44. The molecule has 0 amide bonds. The lowest BCUT2D eigenvalue weighted by atomic mass is 9.89. The van der Waals surface area contributed by atoms with Crippen LogP contribution in [0.15, 0.2) is 18.2 Å². The Hall–Kier alpha value is -1.62. The van der Waals surface area contributed by atoms with Crippen LogP contribution >= 0.6 is 0 Å². The van der Waals surface area contributed by atoms with Crippen molar-refractivity contribution in [1.29, 1.82) is 0 Å². The molecule has 1 aliphatic rings. The van der Waals surface area contributed by atoms with Crippen molar-refractivity contribution in [2.24, 2.45) is 0 Å². The molecule has 2 rings (SSSR count). The van der Waals surface area contributed by atoms with Crippen LogP contribution in [0.2, 0.25) is 0 Å². The molecule has 1 fully saturated rings. The summed E-state index contributed by atoms with van der Waals surface area (Å²) in [7, 11) is 0. The smallest absolute Gasteiger partial charge is 0.167 e. The first kappa shape index (κ1) is 18.4. The van der Waals surface area contributed by atoms with Gasteiger partial charge < -0.3 is 14.8 Å². The van der Waals surface area contributed by atoms with Gasteiger partial charge in [-0.15, -0.1) is 0 Å². The van der Waals surface area contributed by atoms with Crippen LogP contribution in [0.1, 0.15) is 42.0 Å². The predicted molar refractivity (Wildman–Crippen MR) is 87.2 cm³/mol. The molecule has 5 heteroatoms.